The van der Waals surface area contributed by atoms with Crippen molar-refractivity contribution in [2.24, 2.45) is 0 Å². The Kier molecular flexibility index (Phi) is 5.24. The third-order valence-corrected chi connectivity index (χ3v) is 3.10. The number of hydrogen-bond donors (Lipinski definition) is 1. The fraction of sp³-hybridized carbons (Fsp3) is 0.188. The summed E-state index contributed by atoms with van der Waals surface area (Å²) in [6, 6.07) is 5.52. The molecule has 0 saturated heterocycles. The lowest BCUT2D eigenvalue weighted by molar-refractivity contribution is -0.111. The predicted octanol–water partition coefficient (Wildman–Crippen LogP) is 2.48. The summed E-state index contributed by atoms with van der Waals surface area (Å²) in [6.45, 7) is 2.63. The smallest absolute Gasteiger partial charge is 0.340 e. The van der Waals surface area contributed by atoms with E-state index in [9.17, 15) is 14.0 Å². The molecule has 0 unspecified atom stereocenters. The van der Waals surface area contributed by atoms with Gasteiger partial charge in [-0.25, -0.2) is 9.18 Å². The van der Waals surface area contributed by atoms with Crippen molar-refractivity contribution in [1.82, 2.24) is 9.78 Å². The van der Waals surface area contributed by atoms with E-state index in [-0.39, 0.29) is 11.3 Å². The van der Waals surface area contributed by atoms with Gasteiger partial charge < -0.3 is 10.1 Å². The Morgan fingerprint density at radius 3 is 2.83 bits per heavy atom. The van der Waals surface area contributed by atoms with Gasteiger partial charge in [-0.15, -0.1) is 0 Å². The van der Waals surface area contributed by atoms with Crippen LogP contribution in [0.3, 0.4) is 0 Å². The molecule has 0 saturated carbocycles. The molecule has 0 aliphatic heterocycles. The van der Waals surface area contributed by atoms with E-state index in [1.807, 2.05) is 6.92 Å². The highest BCUT2D eigenvalue weighted by Crippen LogP contribution is 2.15. The first kappa shape index (κ1) is 16.4. The number of hydrogen-bond acceptors (Lipinski definition) is 4. The number of aromatic nitrogens is 2. The number of nitrogens with zero attached hydrogens (tertiary/aromatic N) is 2. The number of carbonyl (C=O) groups is 2. The number of amides is 1. The monoisotopic (exact) mass is 317 g/mol. The molecule has 0 atom stereocenters. The van der Waals surface area contributed by atoms with Gasteiger partial charge in [0.2, 0.25) is 5.91 Å². The second-order valence-corrected chi connectivity index (χ2v) is 4.58. The van der Waals surface area contributed by atoms with Crippen LogP contribution in [0.5, 0.6) is 0 Å². The molecule has 1 amide bonds. The van der Waals surface area contributed by atoms with Crippen molar-refractivity contribution in [2.75, 3.05) is 12.4 Å². The van der Waals surface area contributed by atoms with Gasteiger partial charge in [-0.05, 0) is 37.3 Å². The van der Waals surface area contributed by atoms with Crippen LogP contribution in [0.15, 0.2) is 36.5 Å². The molecule has 2 rings (SSSR count). The zero-order chi connectivity index (χ0) is 16.8. The van der Waals surface area contributed by atoms with E-state index in [0.717, 1.165) is 11.8 Å². The van der Waals surface area contributed by atoms with Crippen LogP contribution in [-0.4, -0.2) is 28.8 Å². The summed E-state index contributed by atoms with van der Waals surface area (Å²) in [4.78, 5) is 23.1. The van der Waals surface area contributed by atoms with E-state index in [4.69, 9.17) is 0 Å². The third-order valence-electron chi connectivity index (χ3n) is 3.10. The molecule has 1 aromatic carbocycles. The number of anilines is 1. The summed E-state index contributed by atoms with van der Waals surface area (Å²) >= 11 is 0. The number of esters is 1. The highest BCUT2D eigenvalue weighted by molar-refractivity contribution is 6.02. The summed E-state index contributed by atoms with van der Waals surface area (Å²) in [5.74, 6) is -1.95. The average Bonchev–Trinajstić information content (AvgIpc) is 3.00. The van der Waals surface area contributed by atoms with Gasteiger partial charge in [0.05, 0.1) is 18.4 Å². The maximum atomic E-state index is 13.8. The minimum Gasteiger partial charge on any atom is -0.465 e. The van der Waals surface area contributed by atoms with Gasteiger partial charge in [0.1, 0.15) is 5.82 Å². The summed E-state index contributed by atoms with van der Waals surface area (Å²) in [5, 5.41) is 6.60. The summed E-state index contributed by atoms with van der Waals surface area (Å²) in [7, 11) is 1.17. The normalized spacial score (nSPS) is 10.7. The number of nitrogens with one attached hydrogen (secondary N) is 1. The van der Waals surface area contributed by atoms with Crippen molar-refractivity contribution in [3.8, 4) is 0 Å². The Morgan fingerprint density at radius 2 is 2.17 bits per heavy atom. The van der Waals surface area contributed by atoms with Crippen LogP contribution >= 0.6 is 0 Å². The molecule has 2 aromatic rings. The standard InChI is InChI=1S/C16H16FN3O3/c1-3-20-12(8-9-18-20)5-7-15(21)19-11-4-6-13(14(17)10-11)16(22)23-2/h4-10H,3H2,1-2H3,(H,19,21). The Hall–Kier alpha value is -2.96. The van der Waals surface area contributed by atoms with Gasteiger partial charge in [-0.1, -0.05) is 0 Å². The van der Waals surface area contributed by atoms with Crippen LogP contribution in [-0.2, 0) is 16.1 Å². The zero-order valence-electron chi connectivity index (χ0n) is 12.7. The van der Waals surface area contributed by atoms with E-state index in [0.29, 0.717) is 6.54 Å². The lowest BCUT2D eigenvalue weighted by atomic mass is 10.2. The summed E-state index contributed by atoms with van der Waals surface area (Å²) < 4.78 is 19.9. The van der Waals surface area contributed by atoms with E-state index >= 15 is 0 Å². The van der Waals surface area contributed by atoms with Crippen molar-refractivity contribution in [1.29, 1.82) is 0 Å². The molecule has 1 N–H and O–H groups in total. The van der Waals surface area contributed by atoms with Gasteiger partial charge >= 0.3 is 5.97 Å². The topological polar surface area (TPSA) is 73.2 Å². The molecule has 1 heterocycles. The first-order valence-corrected chi connectivity index (χ1v) is 6.94. The van der Waals surface area contributed by atoms with Crippen LogP contribution in [0.2, 0.25) is 0 Å². The summed E-state index contributed by atoms with van der Waals surface area (Å²) in [5.41, 5.74) is 0.844. The van der Waals surface area contributed by atoms with Gasteiger partial charge in [0, 0.05) is 24.5 Å². The lowest BCUT2D eigenvalue weighted by Gasteiger charge is -2.05. The van der Waals surface area contributed by atoms with Gasteiger partial charge in [-0.2, -0.15) is 5.10 Å². The van der Waals surface area contributed by atoms with Crippen molar-refractivity contribution in [3.05, 3.63) is 53.6 Å². The molecule has 0 bridgehead atoms. The maximum absolute atomic E-state index is 13.8. The average molecular weight is 317 g/mol. The van der Waals surface area contributed by atoms with E-state index < -0.39 is 17.7 Å². The molecule has 0 aliphatic carbocycles. The minimum atomic E-state index is -0.770. The molecule has 23 heavy (non-hydrogen) atoms. The fourth-order valence-electron chi connectivity index (χ4n) is 1.96. The predicted molar refractivity (Wildman–Crippen MR) is 83.3 cm³/mol. The Morgan fingerprint density at radius 1 is 1.39 bits per heavy atom. The molecule has 1 aromatic heterocycles. The molecule has 120 valence electrons. The van der Waals surface area contributed by atoms with E-state index in [1.165, 1.54) is 25.3 Å². The Bertz CT molecular complexity index is 753. The molecule has 7 heteroatoms. The van der Waals surface area contributed by atoms with Crippen LogP contribution in [0.4, 0.5) is 10.1 Å². The number of halogens is 1. The second-order valence-electron chi connectivity index (χ2n) is 4.58. The van der Waals surface area contributed by atoms with Crippen molar-refractivity contribution in [2.45, 2.75) is 13.5 Å². The molecule has 0 radical (unpaired) electrons. The number of carbonyl (C=O) groups excluding carboxylic acids is 2. The van der Waals surface area contributed by atoms with Crippen molar-refractivity contribution < 1.29 is 18.7 Å². The number of methoxy groups -OCH3 is 1. The highest BCUT2D eigenvalue weighted by Gasteiger charge is 2.12. The van der Waals surface area contributed by atoms with Crippen LogP contribution in [0.1, 0.15) is 23.0 Å². The highest BCUT2D eigenvalue weighted by atomic mass is 19.1. The van der Waals surface area contributed by atoms with E-state index in [2.05, 4.69) is 15.2 Å². The number of rotatable bonds is 5. The fourth-order valence-corrected chi connectivity index (χ4v) is 1.96. The molecular weight excluding hydrogens is 301 g/mol. The maximum Gasteiger partial charge on any atom is 0.340 e. The second kappa shape index (κ2) is 7.35. The summed E-state index contributed by atoms with van der Waals surface area (Å²) in [6.07, 6.45) is 4.59. The molecule has 0 aliphatic rings. The van der Waals surface area contributed by atoms with Crippen molar-refractivity contribution in [3.63, 3.8) is 0 Å². The first-order chi connectivity index (χ1) is 11.0. The van der Waals surface area contributed by atoms with Gasteiger partial charge in [0.25, 0.3) is 0 Å². The molecule has 0 spiro atoms. The van der Waals surface area contributed by atoms with Gasteiger partial charge in [0.15, 0.2) is 0 Å². The van der Waals surface area contributed by atoms with E-state index in [1.54, 1.807) is 23.0 Å². The largest absolute Gasteiger partial charge is 0.465 e. The zero-order valence-corrected chi connectivity index (χ0v) is 12.7. The number of aryl methyl sites for hydroxylation is 1. The Balaban J connectivity index is 2.06. The molecule has 0 fully saturated rings. The minimum absolute atomic E-state index is 0.187. The Labute approximate surface area is 132 Å². The number of ether oxygens (including phenoxy) is 1. The molecular formula is C16H16FN3O3. The van der Waals surface area contributed by atoms with Crippen molar-refractivity contribution >= 4 is 23.6 Å². The molecule has 6 nitrogen and oxygen atoms in total. The quantitative estimate of drug-likeness (QED) is 0.679. The number of benzene rings is 1. The first-order valence-electron chi connectivity index (χ1n) is 6.94. The van der Waals surface area contributed by atoms with Crippen LogP contribution in [0.25, 0.3) is 6.08 Å². The third kappa shape index (κ3) is 4.03. The van der Waals surface area contributed by atoms with Crippen LogP contribution in [0, 0.1) is 5.82 Å². The lowest BCUT2D eigenvalue weighted by Crippen LogP contribution is -2.10. The van der Waals surface area contributed by atoms with Gasteiger partial charge in [-0.3, -0.25) is 9.48 Å². The SMILES string of the molecule is CCn1nccc1C=CC(=O)Nc1ccc(C(=O)OC)c(F)c1. The van der Waals surface area contributed by atoms with Crippen LogP contribution < -0.4 is 5.32 Å².